The molecule has 0 atom stereocenters. The van der Waals surface area contributed by atoms with E-state index in [1.54, 1.807) is 29.1 Å². The van der Waals surface area contributed by atoms with E-state index in [0.717, 1.165) is 0 Å². The third kappa shape index (κ3) is 4.27. The van der Waals surface area contributed by atoms with Crippen LogP contribution in [-0.2, 0) is 16.6 Å². The monoisotopic (exact) mass is 415 g/mol. The zero-order valence-corrected chi connectivity index (χ0v) is 15.7. The minimum absolute atomic E-state index is 0.110. The molecule has 130 valence electrons. The van der Waals surface area contributed by atoms with Gasteiger partial charge in [-0.05, 0) is 36.4 Å². The Morgan fingerprint density at radius 3 is 2.28 bits per heavy atom. The van der Waals surface area contributed by atoms with Gasteiger partial charge in [0, 0.05) is 26.8 Å². The maximum absolute atomic E-state index is 12.4. The lowest BCUT2D eigenvalue weighted by Crippen LogP contribution is -2.12. The number of benzene rings is 2. The first-order chi connectivity index (χ1) is 11.8. The number of sulfonamides is 1. The highest BCUT2D eigenvalue weighted by Gasteiger charge is 2.15. The highest BCUT2D eigenvalue weighted by molar-refractivity contribution is 7.92. The van der Waals surface area contributed by atoms with Crippen LogP contribution >= 0.6 is 34.8 Å². The molecule has 0 aliphatic heterocycles. The van der Waals surface area contributed by atoms with E-state index in [4.69, 9.17) is 34.8 Å². The van der Waals surface area contributed by atoms with Crippen molar-refractivity contribution in [1.82, 2.24) is 9.78 Å². The Balaban J connectivity index is 1.79. The Morgan fingerprint density at radius 1 is 1.00 bits per heavy atom. The van der Waals surface area contributed by atoms with Gasteiger partial charge in [-0.1, -0.05) is 40.9 Å². The lowest BCUT2D eigenvalue weighted by Gasteiger charge is -2.07. The maximum Gasteiger partial charge on any atom is 0.261 e. The SMILES string of the molecule is O=S(=O)(Nc1cnn(Cc2c(Cl)cccc2Cl)c1)c1ccc(Cl)cc1. The van der Waals surface area contributed by atoms with Gasteiger partial charge < -0.3 is 0 Å². The Kier molecular flexibility index (Phi) is 5.24. The number of anilines is 1. The summed E-state index contributed by atoms with van der Waals surface area (Å²) in [7, 11) is -3.72. The summed E-state index contributed by atoms with van der Waals surface area (Å²) in [4.78, 5) is 0.110. The zero-order chi connectivity index (χ0) is 18.0. The van der Waals surface area contributed by atoms with Crippen LogP contribution in [0.15, 0.2) is 59.8 Å². The van der Waals surface area contributed by atoms with Crippen LogP contribution in [0.5, 0.6) is 0 Å². The van der Waals surface area contributed by atoms with E-state index in [0.29, 0.717) is 32.9 Å². The minimum Gasteiger partial charge on any atom is -0.276 e. The fourth-order valence-corrected chi connectivity index (χ4v) is 3.85. The van der Waals surface area contributed by atoms with Crippen molar-refractivity contribution in [2.45, 2.75) is 11.4 Å². The van der Waals surface area contributed by atoms with E-state index in [1.165, 1.54) is 30.5 Å². The third-order valence-corrected chi connectivity index (χ3v) is 5.75. The normalized spacial score (nSPS) is 11.5. The van der Waals surface area contributed by atoms with Gasteiger partial charge in [0.1, 0.15) is 0 Å². The number of aromatic nitrogens is 2. The molecule has 3 aromatic rings. The van der Waals surface area contributed by atoms with Crippen LogP contribution in [0.3, 0.4) is 0 Å². The predicted molar refractivity (Wildman–Crippen MR) is 100 cm³/mol. The van der Waals surface area contributed by atoms with Crippen LogP contribution in [0.2, 0.25) is 15.1 Å². The van der Waals surface area contributed by atoms with Crippen molar-refractivity contribution in [2.24, 2.45) is 0 Å². The molecule has 0 fully saturated rings. The van der Waals surface area contributed by atoms with Crippen LogP contribution in [0, 0.1) is 0 Å². The maximum atomic E-state index is 12.4. The van der Waals surface area contributed by atoms with E-state index in [-0.39, 0.29) is 4.90 Å². The smallest absolute Gasteiger partial charge is 0.261 e. The molecule has 1 heterocycles. The quantitative estimate of drug-likeness (QED) is 0.656. The van der Waals surface area contributed by atoms with Crippen molar-refractivity contribution in [3.63, 3.8) is 0 Å². The summed E-state index contributed by atoms with van der Waals surface area (Å²) in [6.07, 6.45) is 2.98. The second kappa shape index (κ2) is 7.25. The molecule has 0 amide bonds. The largest absolute Gasteiger partial charge is 0.276 e. The van der Waals surface area contributed by atoms with Gasteiger partial charge in [0.2, 0.25) is 0 Å². The zero-order valence-electron chi connectivity index (χ0n) is 12.7. The topological polar surface area (TPSA) is 64.0 Å². The second-order valence-corrected chi connectivity index (χ2v) is 8.12. The number of nitrogens with zero attached hydrogens (tertiary/aromatic N) is 2. The van der Waals surface area contributed by atoms with Crippen molar-refractivity contribution in [1.29, 1.82) is 0 Å². The summed E-state index contributed by atoms with van der Waals surface area (Å²) < 4.78 is 28.7. The molecule has 3 rings (SSSR count). The molecular weight excluding hydrogens is 405 g/mol. The van der Waals surface area contributed by atoms with Gasteiger partial charge in [-0.15, -0.1) is 0 Å². The van der Waals surface area contributed by atoms with Gasteiger partial charge >= 0.3 is 0 Å². The minimum atomic E-state index is -3.72. The number of halogens is 3. The molecule has 1 aromatic heterocycles. The summed E-state index contributed by atoms with van der Waals surface area (Å²) in [6, 6.07) is 11.1. The molecule has 0 radical (unpaired) electrons. The van der Waals surface area contributed by atoms with Crippen molar-refractivity contribution >= 4 is 50.5 Å². The van der Waals surface area contributed by atoms with Gasteiger partial charge in [0.15, 0.2) is 0 Å². The number of rotatable bonds is 5. The molecule has 9 heteroatoms. The Labute approximate surface area is 160 Å². The molecule has 1 N–H and O–H groups in total. The van der Waals surface area contributed by atoms with E-state index < -0.39 is 10.0 Å². The van der Waals surface area contributed by atoms with E-state index in [2.05, 4.69) is 9.82 Å². The molecular formula is C16H12Cl3N3O2S. The van der Waals surface area contributed by atoms with Crippen LogP contribution in [0.1, 0.15) is 5.56 Å². The summed E-state index contributed by atoms with van der Waals surface area (Å²) >= 11 is 18.1. The van der Waals surface area contributed by atoms with Crippen LogP contribution in [0.4, 0.5) is 5.69 Å². The summed E-state index contributed by atoms with van der Waals surface area (Å²) in [5.41, 5.74) is 1.04. The van der Waals surface area contributed by atoms with Crippen molar-refractivity contribution in [2.75, 3.05) is 4.72 Å². The Bertz CT molecular complexity index is 981. The van der Waals surface area contributed by atoms with Crippen molar-refractivity contribution in [3.05, 3.63) is 75.5 Å². The van der Waals surface area contributed by atoms with Gasteiger partial charge in [0.05, 0.1) is 23.3 Å². The van der Waals surface area contributed by atoms with E-state index in [9.17, 15) is 8.42 Å². The number of hydrogen-bond donors (Lipinski definition) is 1. The molecule has 0 unspecified atom stereocenters. The molecule has 0 aliphatic carbocycles. The summed E-state index contributed by atoms with van der Waals surface area (Å²) in [5.74, 6) is 0. The highest BCUT2D eigenvalue weighted by atomic mass is 35.5. The highest BCUT2D eigenvalue weighted by Crippen LogP contribution is 2.25. The molecule has 2 aromatic carbocycles. The van der Waals surface area contributed by atoms with Crippen LogP contribution in [0.25, 0.3) is 0 Å². The van der Waals surface area contributed by atoms with Gasteiger partial charge in [-0.3, -0.25) is 9.40 Å². The number of hydrogen-bond acceptors (Lipinski definition) is 3. The molecule has 0 aliphatic rings. The molecule has 5 nitrogen and oxygen atoms in total. The lowest BCUT2D eigenvalue weighted by atomic mass is 10.2. The second-order valence-electron chi connectivity index (χ2n) is 5.19. The Hall–Kier alpha value is -1.73. The Morgan fingerprint density at radius 2 is 1.64 bits per heavy atom. The standard InChI is InChI=1S/C16H12Cl3N3O2S/c17-11-4-6-13(7-5-11)25(23,24)21-12-8-20-22(9-12)10-14-15(18)2-1-3-16(14)19/h1-9,21H,10H2. The molecule has 0 saturated heterocycles. The van der Waals surface area contributed by atoms with E-state index >= 15 is 0 Å². The van der Waals surface area contributed by atoms with Crippen molar-refractivity contribution in [3.8, 4) is 0 Å². The first-order valence-electron chi connectivity index (χ1n) is 7.09. The average molecular weight is 417 g/mol. The summed E-state index contributed by atoms with van der Waals surface area (Å²) in [6.45, 7) is 0.321. The first kappa shape index (κ1) is 18.1. The van der Waals surface area contributed by atoms with Gasteiger partial charge in [0.25, 0.3) is 10.0 Å². The van der Waals surface area contributed by atoms with Gasteiger partial charge in [-0.2, -0.15) is 5.10 Å². The van der Waals surface area contributed by atoms with Gasteiger partial charge in [-0.25, -0.2) is 8.42 Å². The summed E-state index contributed by atoms with van der Waals surface area (Å²) in [5, 5.41) is 5.64. The van der Waals surface area contributed by atoms with Crippen LogP contribution in [-0.4, -0.2) is 18.2 Å². The molecule has 0 spiro atoms. The first-order valence-corrected chi connectivity index (χ1v) is 9.70. The molecule has 0 saturated carbocycles. The number of nitrogens with one attached hydrogen (secondary N) is 1. The predicted octanol–water partition coefficient (Wildman–Crippen LogP) is 4.69. The molecule has 0 bridgehead atoms. The van der Waals surface area contributed by atoms with Crippen molar-refractivity contribution < 1.29 is 8.42 Å². The van der Waals surface area contributed by atoms with E-state index in [1.807, 2.05) is 0 Å². The molecule has 25 heavy (non-hydrogen) atoms. The third-order valence-electron chi connectivity index (χ3n) is 3.39. The lowest BCUT2D eigenvalue weighted by molar-refractivity contribution is 0.601. The van der Waals surface area contributed by atoms with Crippen LogP contribution < -0.4 is 4.72 Å². The fourth-order valence-electron chi connectivity index (χ4n) is 2.18. The average Bonchev–Trinajstić information content (AvgIpc) is 2.98. The fraction of sp³-hybridized carbons (Fsp3) is 0.0625.